The van der Waals surface area contributed by atoms with Gasteiger partial charge in [-0.1, -0.05) is 13.0 Å². The number of likely N-dealkylation sites (tertiary alicyclic amines) is 1. The second-order valence-corrected chi connectivity index (χ2v) is 8.16. The van der Waals surface area contributed by atoms with E-state index >= 15 is 0 Å². The van der Waals surface area contributed by atoms with Crippen LogP contribution in [0, 0.1) is 5.92 Å². The van der Waals surface area contributed by atoms with Gasteiger partial charge in [-0.2, -0.15) is 0 Å². The Hall–Kier alpha value is -2.60. The number of furan rings is 1. The van der Waals surface area contributed by atoms with E-state index < -0.39 is 0 Å². The molecule has 1 N–H and O–H groups in total. The van der Waals surface area contributed by atoms with Crippen molar-refractivity contribution in [3.8, 4) is 0 Å². The summed E-state index contributed by atoms with van der Waals surface area (Å²) in [5.74, 6) is 1.63. The van der Waals surface area contributed by atoms with Gasteiger partial charge in [0, 0.05) is 30.8 Å². The van der Waals surface area contributed by atoms with Crippen LogP contribution in [0.2, 0.25) is 0 Å². The summed E-state index contributed by atoms with van der Waals surface area (Å²) in [6.45, 7) is 5.52. The van der Waals surface area contributed by atoms with Crippen molar-refractivity contribution in [2.45, 2.75) is 38.6 Å². The smallest absolute Gasteiger partial charge is 0.251 e. The number of benzene rings is 1. The molecule has 2 aliphatic rings. The van der Waals surface area contributed by atoms with Gasteiger partial charge in [-0.3, -0.25) is 14.5 Å². The summed E-state index contributed by atoms with van der Waals surface area (Å²) in [4.78, 5) is 29.0. The Kier molecular flexibility index (Phi) is 6.00. The summed E-state index contributed by atoms with van der Waals surface area (Å²) in [7, 11) is 0. The Morgan fingerprint density at radius 3 is 2.72 bits per heavy atom. The van der Waals surface area contributed by atoms with Crippen molar-refractivity contribution in [2.24, 2.45) is 5.92 Å². The SMILES string of the molecule is CC1CCN(C(CNC(=O)c2cccc(N3CCCC3=O)c2)c2ccco2)CC1. The first-order valence-electron chi connectivity index (χ1n) is 10.6. The lowest BCUT2D eigenvalue weighted by Crippen LogP contribution is -2.41. The van der Waals surface area contributed by atoms with Gasteiger partial charge in [-0.15, -0.1) is 0 Å². The molecule has 0 saturated carbocycles. The summed E-state index contributed by atoms with van der Waals surface area (Å²) in [5.41, 5.74) is 1.38. The summed E-state index contributed by atoms with van der Waals surface area (Å²) >= 11 is 0. The average molecular weight is 396 g/mol. The lowest BCUT2D eigenvalue weighted by Gasteiger charge is -2.35. The standard InChI is InChI=1S/C23H29N3O3/c1-17-9-12-25(13-10-17)20(21-7-4-14-29-21)16-24-23(28)18-5-2-6-19(15-18)26-11-3-8-22(26)27/h2,4-7,14-15,17,20H,3,8-13,16H2,1H3,(H,24,28). The Bertz CT molecular complexity index is 841. The van der Waals surface area contributed by atoms with Gasteiger partial charge in [0.15, 0.2) is 0 Å². The van der Waals surface area contributed by atoms with Crippen LogP contribution in [-0.2, 0) is 4.79 Å². The molecule has 1 atom stereocenters. The zero-order valence-corrected chi connectivity index (χ0v) is 17.0. The molecule has 6 nitrogen and oxygen atoms in total. The highest BCUT2D eigenvalue weighted by atomic mass is 16.3. The fourth-order valence-electron chi connectivity index (χ4n) is 4.26. The molecule has 2 saturated heterocycles. The molecule has 4 rings (SSSR count). The molecular weight excluding hydrogens is 366 g/mol. The number of hydrogen-bond acceptors (Lipinski definition) is 4. The van der Waals surface area contributed by atoms with E-state index in [1.807, 2.05) is 30.3 Å². The highest BCUT2D eigenvalue weighted by molar-refractivity contribution is 5.99. The van der Waals surface area contributed by atoms with Gasteiger partial charge in [0.05, 0.1) is 12.3 Å². The van der Waals surface area contributed by atoms with Crippen LogP contribution >= 0.6 is 0 Å². The highest BCUT2D eigenvalue weighted by Gasteiger charge is 2.27. The molecule has 0 spiro atoms. The molecule has 0 radical (unpaired) electrons. The molecule has 29 heavy (non-hydrogen) atoms. The topological polar surface area (TPSA) is 65.8 Å². The van der Waals surface area contributed by atoms with E-state index in [9.17, 15) is 9.59 Å². The van der Waals surface area contributed by atoms with Crippen molar-refractivity contribution < 1.29 is 14.0 Å². The molecule has 6 heteroatoms. The van der Waals surface area contributed by atoms with E-state index in [0.717, 1.165) is 56.3 Å². The Labute approximate surface area is 171 Å². The summed E-state index contributed by atoms with van der Waals surface area (Å²) < 4.78 is 5.68. The molecule has 0 aliphatic carbocycles. The van der Waals surface area contributed by atoms with Crippen LogP contribution in [0.5, 0.6) is 0 Å². The summed E-state index contributed by atoms with van der Waals surface area (Å²) in [6.07, 6.45) is 5.46. The van der Waals surface area contributed by atoms with Crippen molar-refractivity contribution in [1.82, 2.24) is 10.2 Å². The third kappa shape index (κ3) is 4.53. The first kappa shape index (κ1) is 19.7. The molecule has 154 valence electrons. The quantitative estimate of drug-likeness (QED) is 0.811. The van der Waals surface area contributed by atoms with Crippen LogP contribution in [-0.4, -0.2) is 42.9 Å². The van der Waals surface area contributed by atoms with Gasteiger partial charge < -0.3 is 14.6 Å². The number of rotatable bonds is 6. The molecule has 1 aromatic heterocycles. The van der Waals surface area contributed by atoms with Crippen LogP contribution in [0.4, 0.5) is 5.69 Å². The lowest BCUT2D eigenvalue weighted by atomic mass is 9.97. The lowest BCUT2D eigenvalue weighted by molar-refractivity contribution is -0.117. The van der Waals surface area contributed by atoms with Crippen LogP contribution in [0.1, 0.15) is 54.8 Å². The van der Waals surface area contributed by atoms with Gasteiger partial charge >= 0.3 is 0 Å². The summed E-state index contributed by atoms with van der Waals surface area (Å²) in [5, 5.41) is 3.08. The number of anilines is 1. The Balaban J connectivity index is 1.43. The van der Waals surface area contributed by atoms with E-state index in [1.165, 1.54) is 0 Å². The zero-order valence-electron chi connectivity index (χ0n) is 17.0. The van der Waals surface area contributed by atoms with Crippen molar-refractivity contribution >= 4 is 17.5 Å². The molecule has 1 unspecified atom stereocenters. The fourth-order valence-corrected chi connectivity index (χ4v) is 4.26. The number of hydrogen-bond donors (Lipinski definition) is 1. The van der Waals surface area contributed by atoms with Crippen LogP contribution in [0.3, 0.4) is 0 Å². The van der Waals surface area contributed by atoms with E-state index in [4.69, 9.17) is 4.42 Å². The second-order valence-electron chi connectivity index (χ2n) is 8.16. The minimum absolute atomic E-state index is 0.0322. The fraction of sp³-hybridized carbons (Fsp3) is 0.478. The van der Waals surface area contributed by atoms with Gasteiger partial charge in [0.2, 0.25) is 5.91 Å². The summed E-state index contributed by atoms with van der Waals surface area (Å²) in [6, 6.07) is 11.2. The van der Waals surface area contributed by atoms with Crippen LogP contribution in [0.15, 0.2) is 47.1 Å². The second kappa shape index (κ2) is 8.82. The first-order valence-corrected chi connectivity index (χ1v) is 10.6. The predicted molar refractivity (Wildman–Crippen MR) is 112 cm³/mol. The van der Waals surface area contributed by atoms with E-state index in [1.54, 1.807) is 17.2 Å². The largest absolute Gasteiger partial charge is 0.468 e. The molecule has 1 aromatic carbocycles. The van der Waals surface area contributed by atoms with Gasteiger partial charge in [-0.05, 0) is 68.6 Å². The third-order valence-electron chi connectivity index (χ3n) is 6.08. The number of nitrogens with zero attached hydrogens (tertiary/aromatic N) is 2. The molecule has 2 fully saturated rings. The van der Waals surface area contributed by atoms with Crippen molar-refractivity contribution in [3.05, 3.63) is 54.0 Å². The monoisotopic (exact) mass is 395 g/mol. The molecule has 0 bridgehead atoms. The van der Waals surface area contributed by atoms with Crippen molar-refractivity contribution in [3.63, 3.8) is 0 Å². The van der Waals surface area contributed by atoms with Gasteiger partial charge in [0.1, 0.15) is 5.76 Å². The van der Waals surface area contributed by atoms with E-state index in [-0.39, 0.29) is 17.9 Å². The Morgan fingerprint density at radius 1 is 1.21 bits per heavy atom. The zero-order chi connectivity index (χ0) is 20.2. The predicted octanol–water partition coefficient (Wildman–Crippen LogP) is 3.61. The van der Waals surface area contributed by atoms with Gasteiger partial charge in [-0.25, -0.2) is 0 Å². The van der Waals surface area contributed by atoms with E-state index in [0.29, 0.717) is 18.5 Å². The normalized spacial score (nSPS) is 19.5. The van der Waals surface area contributed by atoms with Crippen molar-refractivity contribution in [2.75, 3.05) is 31.1 Å². The molecule has 2 aromatic rings. The number of carbonyl (C=O) groups excluding carboxylic acids is 2. The maximum atomic E-state index is 12.8. The van der Waals surface area contributed by atoms with Crippen LogP contribution in [0.25, 0.3) is 0 Å². The Morgan fingerprint density at radius 2 is 2.03 bits per heavy atom. The highest BCUT2D eigenvalue weighted by Crippen LogP contribution is 2.27. The molecule has 3 heterocycles. The minimum atomic E-state index is -0.125. The maximum absolute atomic E-state index is 12.8. The average Bonchev–Trinajstić information content (AvgIpc) is 3.41. The number of piperidine rings is 1. The number of amides is 2. The number of carbonyl (C=O) groups is 2. The minimum Gasteiger partial charge on any atom is -0.468 e. The van der Waals surface area contributed by atoms with Crippen molar-refractivity contribution in [1.29, 1.82) is 0 Å². The molecule has 2 amide bonds. The molecule has 2 aliphatic heterocycles. The van der Waals surface area contributed by atoms with Gasteiger partial charge in [0.25, 0.3) is 5.91 Å². The first-order chi connectivity index (χ1) is 14.1. The maximum Gasteiger partial charge on any atom is 0.251 e. The number of nitrogens with one attached hydrogen (secondary N) is 1. The van der Waals surface area contributed by atoms with Crippen LogP contribution < -0.4 is 10.2 Å². The molecular formula is C23H29N3O3. The van der Waals surface area contributed by atoms with E-state index in [2.05, 4.69) is 17.1 Å². The third-order valence-corrected chi connectivity index (χ3v) is 6.08.